The summed E-state index contributed by atoms with van der Waals surface area (Å²) in [5.74, 6) is 1.07. The molecule has 0 aromatic heterocycles. The van der Waals surface area contributed by atoms with Gasteiger partial charge < -0.3 is 15.1 Å². The first-order chi connectivity index (χ1) is 20.5. The fraction of sp³-hybridized carbons (Fsp3) is 0.538. The molecule has 0 bridgehead atoms. The second kappa shape index (κ2) is 16.2. The molecule has 0 aliphatic carbocycles. The Labute approximate surface area is 257 Å². The zero-order valence-corrected chi connectivity index (χ0v) is 27.1. The lowest BCUT2D eigenvalue weighted by atomic mass is 9.76. The smallest absolute Gasteiger partial charge is 0.0591 e. The average molecular weight is 568 g/mol. The SMILES string of the molecule is C=C(CCN1CCC(c2ccccc2)CC1)NCC1c2ccccc2C(=C)N(C(CCC)CCC)C1/C(=C/C)CCC. The van der Waals surface area contributed by atoms with Crippen LogP contribution in [-0.2, 0) is 0 Å². The van der Waals surface area contributed by atoms with Gasteiger partial charge in [-0.15, -0.1) is 0 Å². The van der Waals surface area contributed by atoms with Gasteiger partial charge in [-0.25, -0.2) is 0 Å². The van der Waals surface area contributed by atoms with Crippen molar-refractivity contribution in [3.8, 4) is 0 Å². The summed E-state index contributed by atoms with van der Waals surface area (Å²) in [6, 6.07) is 21.0. The van der Waals surface area contributed by atoms with E-state index >= 15 is 0 Å². The third-order valence-corrected chi connectivity index (χ3v) is 9.75. The van der Waals surface area contributed by atoms with Crippen molar-refractivity contribution in [1.82, 2.24) is 15.1 Å². The third kappa shape index (κ3) is 7.78. The highest BCUT2D eigenvalue weighted by molar-refractivity contribution is 5.70. The van der Waals surface area contributed by atoms with Crippen LogP contribution in [-0.4, -0.2) is 48.1 Å². The quantitative estimate of drug-likeness (QED) is 0.216. The lowest BCUT2D eigenvalue weighted by Gasteiger charge is -2.50. The standard InChI is InChI=1S/C39H57N3/c1-7-16-32(10-4)39-38(37-22-15-14-21-36(37)31(6)42(39)35(17-8-2)18-9-3)29-40-30(5)23-26-41-27-24-34(25-28-41)33-19-12-11-13-20-33/h10-15,19-22,34-35,38-40H,5-9,16-18,23-29H2,1-4H3/b32-10+. The number of nitrogens with one attached hydrogen (secondary N) is 1. The summed E-state index contributed by atoms with van der Waals surface area (Å²) in [5, 5.41) is 3.85. The number of rotatable bonds is 15. The highest BCUT2D eigenvalue weighted by Crippen LogP contribution is 2.45. The van der Waals surface area contributed by atoms with Crippen molar-refractivity contribution < 1.29 is 0 Å². The van der Waals surface area contributed by atoms with Gasteiger partial charge in [0, 0.05) is 42.0 Å². The summed E-state index contributed by atoms with van der Waals surface area (Å²) >= 11 is 0. The van der Waals surface area contributed by atoms with Gasteiger partial charge in [-0.1, -0.05) is 119 Å². The van der Waals surface area contributed by atoms with Gasteiger partial charge >= 0.3 is 0 Å². The molecule has 0 saturated carbocycles. The summed E-state index contributed by atoms with van der Waals surface area (Å²) < 4.78 is 0. The molecular weight excluding hydrogens is 510 g/mol. The van der Waals surface area contributed by atoms with Crippen molar-refractivity contribution in [3.05, 3.63) is 102 Å². The predicted molar refractivity (Wildman–Crippen MR) is 183 cm³/mol. The maximum atomic E-state index is 4.74. The van der Waals surface area contributed by atoms with Crippen LogP contribution in [0.1, 0.15) is 114 Å². The molecule has 2 aromatic rings. The molecule has 1 saturated heterocycles. The van der Waals surface area contributed by atoms with E-state index in [1.165, 1.54) is 79.7 Å². The lowest BCUT2D eigenvalue weighted by Crippen LogP contribution is -2.51. The molecule has 2 aliphatic rings. The Kier molecular flexibility index (Phi) is 12.4. The topological polar surface area (TPSA) is 18.5 Å². The van der Waals surface area contributed by atoms with Crippen LogP contribution >= 0.6 is 0 Å². The number of benzene rings is 2. The fourth-order valence-corrected chi connectivity index (χ4v) is 7.55. The maximum absolute atomic E-state index is 4.74. The normalized spacial score (nSPS) is 20.2. The van der Waals surface area contributed by atoms with E-state index in [9.17, 15) is 0 Å². The summed E-state index contributed by atoms with van der Waals surface area (Å²) in [5.41, 5.74) is 8.22. The van der Waals surface area contributed by atoms with Crippen LogP contribution in [0.25, 0.3) is 5.70 Å². The van der Waals surface area contributed by atoms with Gasteiger partial charge in [-0.3, -0.25) is 0 Å². The fourth-order valence-electron chi connectivity index (χ4n) is 7.55. The maximum Gasteiger partial charge on any atom is 0.0591 e. The minimum absolute atomic E-state index is 0.331. The number of allylic oxidation sites excluding steroid dienone is 1. The lowest BCUT2D eigenvalue weighted by molar-refractivity contribution is 0.183. The van der Waals surface area contributed by atoms with Crippen LogP contribution in [0.2, 0.25) is 0 Å². The average Bonchev–Trinajstić information content (AvgIpc) is 3.03. The number of fused-ring (bicyclic) bond motifs is 1. The number of likely N-dealkylation sites (tertiary alicyclic amines) is 1. The van der Waals surface area contributed by atoms with E-state index in [4.69, 9.17) is 6.58 Å². The van der Waals surface area contributed by atoms with E-state index in [-0.39, 0.29) is 0 Å². The van der Waals surface area contributed by atoms with E-state index in [1.54, 1.807) is 5.57 Å². The Morgan fingerprint density at radius 3 is 2.24 bits per heavy atom. The monoisotopic (exact) mass is 567 g/mol. The second-order valence-corrected chi connectivity index (χ2v) is 12.6. The molecule has 1 fully saturated rings. The molecule has 1 N–H and O–H groups in total. The van der Waals surface area contributed by atoms with Crippen LogP contribution in [0.15, 0.2) is 85.1 Å². The van der Waals surface area contributed by atoms with E-state index in [0.29, 0.717) is 23.9 Å². The molecule has 2 aromatic carbocycles. The Morgan fingerprint density at radius 2 is 1.60 bits per heavy atom. The van der Waals surface area contributed by atoms with Gasteiger partial charge in [0.25, 0.3) is 0 Å². The van der Waals surface area contributed by atoms with Crippen molar-refractivity contribution >= 4 is 5.70 Å². The van der Waals surface area contributed by atoms with E-state index in [0.717, 1.165) is 32.4 Å². The van der Waals surface area contributed by atoms with Crippen LogP contribution < -0.4 is 5.32 Å². The zero-order valence-electron chi connectivity index (χ0n) is 27.1. The third-order valence-electron chi connectivity index (χ3n) is 9.75. The number of hydrogen-bond donors (Lipinski definition) is 1. The molecule has 2 aliphatic heterocycles. The second-order valence-electron chi connectivity index (χ2n) is 12.6. The minimum atomic E-state index is 0.331. The largest absolute Gasteiger partial charge is 0.388 e. The van der Waals surface area contributed by atoms with E-state index in [2.05, 4.69) is 110 Å². The summed E-state index contributed by atoms with van der Waals surface area (Å²) in [6.45, 7) is 22.8. The van der Waals surface area contributed by atoms with Crippen LogP contribution in [0, 0.1) is 0 Å². The number of piperidine rings is 1. The van der Waals surface area contributed by atoms with E-state index in [1.807, 2.05) is 0 Å². The molecule has 0 amide bonds. The Balaban J connectivity index is 1.46. The molecule has 2 unspecified atom stereocenters. The molecule has 42 heavy (non-hydrogen) atoms. The van der Waals surface area contributed by atoms with Crippen molar-refractivity contribution in [2.24, 2.45) is 0 Å². The van der Waals surface area contributed by atoms with Gasteiger partial charge in [-0.05, 0) is 75.6 Å². The Bertz CT molecular complexity index is 1150. The molecule has 0 spiro atoms. The van der Waals surface area contributed by atoms with Gasteiger partial charge in [0.15, 0.2) is 0 Å². The molecule has 228 valence electrons. The summed E-state index contributed by atoms with van der Waals surface area (Å²) in [4.78, 5) is 5.38. The Morgan fingerprint density at radius 1 is 0.929 bits per heavy atom. The Hall–Kier alpha value is -2.78. The van der Waals surface area contributed by atoms with Gasteiger partial charge in [0.2, 0.25) is 0 Å². The van der Waals surface area contributed by atoms with Crippen molar-refractivity contribution in [3.63, 3.8) is 0 Å². The van der Waals surface area contributed by atoms with Crippen molar-refractivity contribution in [2.75, 3.05) is 26.2 Å². The first-order valence-corrected chi connectivity index (χ1v) is 16.9. The summed E-state index contributed by atoms with van der Waals surface area (Å²) in [6.07, 6.45) is 13.0. The van der Waals surface area contributed by atoms with Crippen LogP contribution in [0.4, 0.5) is 0 Å². The van der Waals surface area contributed by atoms with Crippen LogP contribution in [0.5, 0.6) is 0 Å². The molecular formula is C39H57N3. The number of hydrogen-bond acceptors (Lipinski definition) is 3. The predicted octanol–water partition coefficient (Wildman–Crippen LogP) is 9.51. The van der Waals surface area contributed by atoms with Crippen molar-refractivity contribution in [1.29, 1.82) is 0 Å². The molecule has 2 heterocycles. The zero-order chi connectivity index (χ0) is 29.9. The van der Waals surface area contributed by atoms with Gasteiger partial charge in [0.1, 0.15) is 0 Å². The van der Waals surface area contributed by atoms with Crippen LogP contribution in [0.3, 0.4) is 0 Å². The first-order valence-electron chi connectivity index (χ1n) is 16.9. The molecule has 0 radical (unpaired) electrons. The molecule has 4 rings (SSSR count). The summed E-state index contributed by atoms with van der Waals surface area (Å²) in [7, 11) is 0. The molecule has 3 heteroatoms. The minimum Gasteiger partial charge on any atom is -0.388 e. The highest BCUT2D eigenvalue weighted by Gasteiger charge is 2.40. The first kappa shape index (κ1) is 32.1. The van der Waals surface area contributed by atoms with Gasteiger partial charge in [-0.2, -0.15) is 0 Å². The molecule has 2 atom stereocenters. The van der Waals surface area contributed by atoms with Gasteiger partial charge in [0.05, 0.1) is 6.04 Å². The molecule has 3 nitrogen and oxygen atoms in total. The highest BCUT2D eigenvalue weighted by atomic mass is 15.2. The van der Waals surface area contributed by atoms with Crippen molar-refractivity contribution in [2.45, 2.75) is 109 Å². The van der Waals surface area contributed by atoms with E-state index < -0.39 is 0 Å². The number of nitrogens with zero attached hydrogens (tertiary/aromatic N) is 2.